The second kappa shape index (κ2) is 6.73. The number of hydrogen-bond acceptors (Lipinski definition) is 6. The average molecular weight is 318 g/mol. The SMILES string of the molecule is C#Cc1cnc(NC2CCN(C(=O)OC(C)(C)C)C2)nc1OC. The number of carbonyl (C=O) groups is 1. The van der Waals surface area contributed by atoms with Crippen LogP contribution in [0, 0.1) is 12.3 Å². The molecule has 1 unspecified atom stereocenters. The highest BCUT2D eigenvalue weighted by Crippen LogP contribution is 2.19. The Balaban J connectivity index is 1.96. The first-order valence-electron chi connectivity index (χ1n) is 7.44. The van der Waals surface area contributed by atoms with Gasteiger partial charge in [0.05, 0.1) is 13.3 Å². The molecule has 1 saturated heterocycles. The molecule has 7 nitrogen and oxygen atoms in total. The van der Waals surface area contributed by atoms with Crippen molar-refractivity contribution in [1.29, 1.82) is 0 Å². The molecule has 0 aliphatic carbocycles. The summed E-state index contributed by atoms with van der Waals surface area (Å²) in [4.78, 5) is 22.1. The van der Waals surface area contributed by atoms with Crippen LogP contribution in [0.1, 0.15) is 32.8 Å². The maximum absolute atomic E-state index is 12.0. The van der Waals surface area contributed by atoms with Crippen LogP contribution in [-0.4, -0.2) is 52.8 Å². The largest absolute Gasteiger partial charge is 0.480 e. The molecule has 0 aromatic carbocycles. The third kappa shape index (κ3) is 4.49. The fourth-order valence-electron chi connectivity index (χ4n) is 2.24. The quantitative estimate of drug-likeness (QED) is 0.858. The molecule has 0 saturated carbocycles. The van der Waals surface area contributed by atoms with Gasteiger partial charge in [0.15, 0.2) is 0 Å². The van der Waals surface area contributed by atoms with E-state index in [-0.39, 0.29) is 12.1 Å². The van der Waals surface area contributed by atoms with E-state index >= 15 is 0 Å². The van der Waals surface area contributed by atoms with E-state index in [2.05, 4.69) is 21.2 Å². The second-order valence-electron chi connectivity index (χ2n) is 6.32. The van der Waals surface area contributed by atoms with Gasteiger partial charge >= 0.3 is 6.09 Å². The molecule has 1 atom stereocenters. The maximum atomic E-state index is 12.0. The Morgan fingerprint density at radius 2 is 2.26 bits per heavy atom. The highest BCUT2D eigenvalue weighted by Gasteiger charge is 2.30. The van der Waals surface area contributed by atoms with Gasteiger partial charge in [-0.25, -0.2) is 9.78 Å². The number of terminal acetylenes is 1. The fourth-order valence-corrected chi connectivity index (χ4v) is 2.24. The lowest BCUT2D eigenvalue weighted by atomic mass is 10.2. The lowest BCUT2D eigenvalue weighted by Gasteiger charge is -2.24. The maximum Gasteiger partial charge on any atom is 0.410 e. The predicted molar refractivity (Wildman–Crippen MR) is 86.4 cm³/mol. The molecule has 1 amide bonds. The molecule has 1 N–H and O–H groups in total. The number of methoxy groups -OCH3 is 1. The van der Waals surface area contributed by atoms with E-state index in [0.29, 0.717) is 30.5 Å². The lowest BCUT2D eigenvalue weighted by Crippen LogP contribution is -2.36. The highest BCUT2D eigenvalue weighted by atomic mass is 16.6. The number of aromatic nitrogens is 2. The van der Waals surface area contributed by atoms with Crippen molar-refractivity contribution in [2.75, 3.05) is 25.5 Å². The Morgan fingerprint density at radius 1 is 1.52 bits per heavy atom. The van der Waals surface area contributed by atoms with E-state index in [9.17, 15) is 4.79 Å². The molecule has 7 heteroatoms. The summed E-state index contributed by atoms with van der Waals surface area (Å²) >= 11 is 0. The zero-order valence-corrected chi connectivity index (χ0v) is 13.9. The van der Waals surface area contributed by atoms with Gasteiger partial charge in [0.25, 0.3) is 0 Å². The Morgan fingerprint density at radius 3 is 2.87 bits per heavy atom. The molecule has 0 radical (unpaired) electrons. The molecule has 0 spiro atoms. The smallest absolute Gasteiger partial charge is 0.410 e. The number of likely N-dealkylation sites (tertiary alicyclic amines) is 1. The van der Waals surface area contributed by atoms with Crippen LogP contribution in [0.5, 0.6) is 5.88 Å². The van der Waals surface area contributed by atoms with E-state index in [1.165, 1.54) is 13.3 Å². The highest BCUT2D eigenvalue weighted by molar-refractivity contribution is 5.68. The summed E-state index contributed by atoms with van der Waals surface area (Å²) in [5, 5.41) is 3.19. The van der Waals surface area contributed by atoms with Gasteiger partial charge in [-0.05, 0) is 27.2 Å². The van der Waals surface area contributed by atoms with Gasteiger partial charge in [-0.2, -0.15) is 4.98 Å². The van der Waals surface area contributed by atoms with Crippen molar-refractivity contribution >= 4 is 12.0 Å². The minimum Gasteiger partial charge on any atom is -0.480 e. The summed E-state index contributed by atoms with van der Waals surface area (Å²) in [6, 6.07) is 0.0592. The van der Waals surface area contributed by atoms with Crippen LogP contribution >= 0.6 is 0 Å². The van der Waals surface area contributed by atoms with Crippen molar-refractivity contribution in [1.82, 2.24) is 14.9 Å². The number of ether oxygens (including phenoxy) is 2. The Bertz CT molecular complexity index is 619. The monoisotopic (exact) mass is 318 g/mol. The van der Waals surface area contributed by atoms with Gasteiger partial charge in [0.1, 0.15) is 11.2 Å². The van der Waals surface area contributed by atoms with Gasteiger partial charge < -0.3 is 19.7 Å². The van der Waals surface area contributed by atoms with Crippen molar-refractivity contribution in [3.05, 3.63) is 11.8 Å². The first kappa shape index (κ1) is 16.9. The zero-order chi connectivity index (χ0) is 17.0. The van der Waals surface area contributed by atoms with Crippen molar-refractivity contribution in [2.24, 2.45) is 0 Å². The van der Waals surface area contributed by atoms with Crippen LogP contribution < -0.4 is 10.1 Å². The number of anilines is 1. The predicted octanol–water partition coefficient (Wildman–Crippen LogP) is 1.89. The third-order valence-corrected chi connectivity index (χ3v) is 3.28. The molecule has 0 bridgehead atoms. The number of hydrogen-bond donors (Lipinski definition) is 1. The van der Waals surface area contributed by atoms with Gasteiger partial charge in [-0.1, -0.05) is 5.92 Å². The molecular weight excluding hydrogens is 296 g/mol. The van der Waals surface area contributed by atoms with Gasteiger partial charge in [0.2, 0.25) is 11.8 Å². The molecule has 2 heterocycles. The molecule has 2 rings (SSSR count). The molecule has 124 valence electrons. The first-order valence-corrected chi connectivity index (χ1v) is 7.44. The molecule has 1 aliphatic heterocycles. The minimum absolute atomic E-state index is 0.0592. The summed E-state index contributed by atoms with van der Waals surface area (Å²) in [7, 11) is 1.51. The summed E-state index contributed by atoms with van der Waals surface area (Å²) in [5.74, 6) is 3.25. The van der Waals surface area contributed by atoms with Crippen LogP contribution in [0.4, 0.5) is 10.7 Å². The number of nitrogens with one attached hydrogen (secondary N) is 1. The standard InChI is InChI=1S/C16H22N4O3/c1-6-11-9-17-14(19-13(11)22-5)18-12-7-8-20(10-12)15(21)23-16(2,3)4/h1,9,12H,7-8,10H2,2-5H3,(H,17,18,19). The summed E-state index contributed by atoms with van der Waals surface area (Å²) in [6.07, 6.45) is 7.38. The average Bonchev–Trinajstić information content (AvgIpc) is 2.94. The van der Waals surface area contributed by atoms with Crippen LogP contribution in [0.15, 0.2) is 6.20 Å². The topological polar surface area (TPSA) is 76.6 Å². The van der Waals surface area contributed by atoms with Crippen molar-refractivity contribution in [3.8, 4) is 18.2 Å². The Hall–Kier alpha value is -2.49. The molecule has 1 aliphatic rings. The molecule has 1 aromatic rings. The van der Waals surface area contributed by atoms with Gasteiger partial charge in [-0.3, -0.25) is 0 Å². The second-order valence-corrected chi connectivity index (χ2v) is 6.32. The number of carbonyl (C=O) groups excluding carboxylic acids is 1. The van der Waals surface area contributed by atoms with E-state index in [1.807, 2.05) is 20.8 Å². The summed E-state index contributed by atoms with van der Waals surface area (Å²) in [5.41, 5.74) is 0.00396. The van der Waals surface area contributed by atoms with Gasteiger partial charge in [0, 0.05) is 19.1 Å². The van der Waals surface area contributed by atoms with Crippen LogP contribution in [0.3, 0.4) is 0 Å². The minimum atomic E-state index is -0.496. The van der Waals surface area contributed by atoms with Crippen molar-refractivity contribution in [3.63, 3.8) is 0 Å². The molecule has 23 heavy (non-hydrogen) atoms. The van der Waals surface area contributed by atoms with Crippen LogP contribution in [0.25, 0.3) is 0 Å². The number of rotatable bonds is 3. The molecular formula is C16H22N4O3. The molecule has 1 aromatic heterocycles. The van der Waals surface area contributed by atoms with Crippen LogP contribution in [0.2, 0.25) is 0 Å². The summed E-state index contributed by atoms with van der Waals surface area (Å²) < 4.78 is 10.5. The number of amides is 1. The third-order valence-electron chi connectivity index (χ3n) is 3.28. The van der Waals surface area contributed by atoms with E-state index in [0.717, 1.165) is 6.42 Å². The fraction of sp³-hybridized carbons (Fsp3) is 0.562. The molecule has 1 fully saturated rings. The van der Waals surface area contributed by atoms with Crippen LogP contribution in [-0.2, 0) is 4.74 Å². The van der Waals surface area contributed by atoms with E-state index in [1.54, 1.807) is 4.90 Å². The van der Waals surface area contributed by atoms with Crippen molar-refractivity contribution < 1.29 is 14.3 Å². The van der Waals surface area contributed by atoms with Crippen molar-refractivity contribution in [2.45, 2.75) is 38.8 Å². The zero-order valence-electron chi connectivity index (χ0n) is 13.9. The summed E-state index contributed by atoms with van der Waals surface area (Å²) in [6.45, 7) is 6.72. The van der Waals surface area contributed by atoms with E-state index < -0.39 is 5.60 Å². The Labute approximate surface area is 136 Å². The lowest BCUT2D eigenvalue weighted by molar-refractivity contribution is 0.0293. The van der Waals surface area contributed by atoms with Gasteiger partial charge in [-0.15, -0.1) is 6.42 Å². The Kier molecular flexibility index (Phi) is 4.94. The van der Waals surface area contributed by atoms with E-state index in [4.69, 9.17) is 15.9 Å². The number of nitrogens with zero attached hydrogens (tertiary/aromatic N) is 3. The normalized spacial score (nSPS) is 17.5. The first-order chi connectivity index (χ1) is 10.8.